The van der Waals surface area contributed by atoms with Gasteiger partial charge in [-0.15, -0.1) is 0 Å². The minimum absolute atomic E-state index is 0.0107. The van der Waals surface area contributed by atoms with Gasteiger partial charge >= 0.3 is 0 Å². The molecule has 2 N–H and O–H groups in total. The molecule has 0 saturated carbocycles. The minimum Gasteiger partial charge on any atom is -0.316 e. The highest BCUT2D eigenvalue weighted by Gasteiger charge is 2.15. The lowest BCUT2D eigenvalue weighted by Gasteiger charge is -2.04. The molecule has 0 aliphatic rings. The summed E-state index contributed by atoms with van der Waals surface area (Å²) in [5.41, 5.74) is 4.67. The van der Waals surface area contributed by atoms with Crippen LogP contribution in [0.5, 0.6) is 0 Å². The highest BCUT2D eigenvalue weighted by molar-refractivity contribution is 6.06. The van der Waals surface area contributed by atoms with Crippen LogP contribution in [-0.4, -0.2) is 32.8 Å². The van der Waals surface area contributed by atoms with Crippen molar-refractivity contribution in [1.82, 2.24) is 25.3 Å². The van der Waals surface area contributed by atoms with E-state index in [9.17, 15) is 4.79 Å². The van der Waals surface area contributed by atoms with E-state index in [0.29, 0.717) is 12.2 Å². The number of carbonyl (C=O) groups is 1. The van der Waals surface area contributed by atoms with Gasteiger partial charge in [-0.25, -0.2) is 0 Å². The van der Waals surface area contributed by atoms with Crippen molar-refractivity contribution in [2.24, 2.45) is 0 Å². The number of benzene rings is 2. The van der Waals surface area contributed by atoms with Crippen LogP contribution in [0.1, 0.15) is 27.2 Å². The Hall–Kier alpha value is -3.25. The second kappa shape index (κ2) is 7.55. The van der Waals surface area contributed by atoms with Gasteiger partial charge in [-0.2, -0.15) is 10.2 Å². The summed E-state index contributed by atoms with van der Waals surface area (Å²) in [4.78, 5) is 12.6. The molecule has 0 aliphatic heterocycles. The van der Waals surface area contributed by atoms with E-state index in [1.165, 1.54) is 11.1 Å². The molecule has 27 heavy (non-hydrogen) atoms. The van der Waals surface area contributed by atoms with Crippen molar-refractivity contribution < 1.29 is 4.79 Å². The van der Waals surface area contributed by atoms with Crippen molar-refractivity contribution >= 4 is 16.7 Å². The van der Waals surface area contributed by atoms with Crippen molar-refractivity contribution in [1.29, 1.82) is 0 Å². The van der Waals surface area contributed by atoms with Crippen LogP contribution < -0.4 is 5.32 Å². The summed E-state index contributed by atoms with van der Waals surface area (Å²) in [5.74, 6) is -0.0107. The molecule has 0 fully saturated rings. The van der Waals surface area contributed by atoms with Gasteiger partial charge in [0.1, 0.15) is 5.69 Å². The molecule has 0 bridgehead atoms. The highest BCUT2D eigenvalue weighted by atomic mass is 16.1. The number of fused-ring (bicyclic) bond motifs is 1. The van der Waals surface area contributed by atoms with Gasteiger partial charge in [0.25, 0.3) is 0 Å². The van der Waals surface area contributed by atoms with Crippen LogP contribution in [0.4, 0.5) is 0 Å². The normalized spacial score (nSPS) is 11.1. The Bertz CT molecular complexity index is 1060. The molecule has 2 heterocycles. The van der Waals surface area contributed by atoms with Crippen LogP contribution in [0.25, 0.3) is 10.9 Å². The number of Topliss-reactive ketones (excluding diaryl/α,β-unsaturated/α-hetero) is 1. The van der Waals surface area contributed by atoms with Crippen LogP contribution in [0.3, 0.4) is 0 Å². The molecule has 6 heteroatoms. The Morgan fingerprint density at radius 3 is 2.67 bits per heavy atom. The number of aromatic amines is 1. The van der Waals surface area contributed by atoms with Gasteiger partial charge in [0.2, 0.25) is 0 Å². The van der Waals surface area contributed by atoms with Crippen molar-refractivity contribution in [3.05, 3.63) is 83.3 Å². The summed E-state index contributed by atoms with van der Waals surface area (Å²) in [5, 5.41) is 15.5. The van der Waals surface area contributed by atoms with E-state index >= 15 is 0 Å². The van der Waals surface area contributed by atoms with Gasteiger partial charge in [-0.1, -0.05) is 42.5 Å². The van der Waals surface area contributed by atoms with Gasteiger partial charge in [-0.05, 0) is 29.8 Å². The topological polar surface area (TPSA) is 75.6 Å². The number of hydrogen-bond acceptors (Lipinski definition) is 4. The van der Waals surface area contributed by atoms with E-state index in [1.807, 2.05) is 42.2 Å². The molecule has 2 aromatic carbocycles. The maximum atomic E-state index is 12.6. The van der Waals surface area contributed by atoms with Crippen LogP contribution in [0, 0.1) is 0 Å². The summed E-state index contributed by atoms with van der Waals surface area (Å²) in [7, 11) is 1.94. The van der Waals surface area contributed by atoms with Gasteiger partial charge in [0.15, 0.2) is 5.78 Å². The quantitative estimate of drug-likeness (QED) is 0.498. The zero-order chi connectivity index (χ0) is 18.6. The fourth-order valence-corrected chi connectivity index (χ4v) is 3.18. The first-order chi connectivity index (χ1) is 13.2. The zero-order valence-electron chi connectivity index (χ0n) is 15.1. The maximum Gasteiger partial charge on any atom is 0.188 e. The molecule has 0 radical (unpaired) electrons. The maximum absolute atomic E-state index is 12.6. The first kappa shape index (κ1) is 17.2. The van der Waals surface area contributed by atoms with E-state index in [2.05, 4.69) is 44.9 Å². The van der Waals surface area contributed by atoms with Gasteiger partial charge < -0.3 is 5.32 Å². The lowest BCUT2D eigenvalue weighted by atomic mass is 10.1. The average molecular weight is 359 g/mol. The Morgan fingerprint density at radius 2 is 1.85 bits per heavy atom. The summed E-state index contributed by atoms with van der Waals surface area (Å²) in [6.45, 7) is 1.54. The summed E-state index contributed by atoms with van der Waals surface area (Å²) in [6, 6.07) is 16.1. The van der Waals surface area contributed by atoms with Crippen LogP contribution in [-0.2, 0) is 19.5 Å². The third-order valence-corrected chi connectivity index (χ3v) is 4.53. The number of nitrogens with one attached hydrogen (secondary N) is 2. The zero-order valence-corrected chi connectivity index (χ0v) is 15.1. The van der Waals surface area contributed by atoms with Gasteiger partial charge in [0, 0.05) is 24.5 Å². The summed E-state index contributed by atoms with van der Waals surface area (Å²) in [6.07, 6.45) is 3.96. The molecule has 0 spiro atoms. The molecule has 0 unspecified atom stereocenters. The fraction of sp³-hybridized carbons (Fsp3) is 0.190. The molecule has 0 saturated heterocycles. The lowest BCUT2D eigenvalue weighted by molar-refractivity contribution is 0.0989. The molecular formula is C21H21N5O. The molecule has 4 rings (SSSR count). The Morgan fingerprint density at radius 1 is 1.07 bits per heavy atom. The lowest BCUT2D eigenvalue weighted by Crippen LogP contribution is -2.05. The second-order valence-corrected chi connectivity index (χ2v) is 6.61. The molecule has 6 nitrogen and oxygen atoms in total. The SMILES string of the molecule is CNCc1ccc(Cn2cc(CC(=O)c3n[nH]c4ccccc34)cn2)cc1. The summed E-state index contributed by atoms with van der Waals surface area (Å²) >= 11 is 0. The van der Waals surface area contributed by atoms with E-state index < -0.39 is 0 Å². The fourth-order valence-electron chi connectivity index (χ4n) is 3.18. The Labute approximate surface area is 157 Å². The largest absolute Gasteiger partial charge is 0.316 e. The summed E-state index contributed by atoms with van der Waals surface area (Å²) < 4.78 is 1.86. The van der Waals surface area contributed by atoms with Crippen molar-refractivity contribution in [3.63, 3.8) is 0 Å². The third-order valence-electron chi connectivity index (χ3n) is 4.53. The second-order valence-electron chi connectivity index (χ2n) is 6.61. The predicted molar refractivity (Wildman–Crippen MR) is 105 cm³/mol. The monoisotopic (exact) mass is 359 g/mol. The molecule has 136 valence electrons. The molecule has 4 aromatic rings. The Balaban J connectivity index is 1.44. The first-order valence-electron chi connectivity index (χ1n) is 8.93. The van der Waals surface area contributed by atoms with Crippen molar-refractivity contribution in [3.8, 4) is 0 Å². The van der Waals surface area contributed by atoms with Crippen LogP contribution in [0.15, 0.2) is 60.9 Å². The van der Waals surface area contributed by atoms with Crippen LogP contribution in [0.2, 0.25) is 0 Å². The van der Waals surface area contributed by atoms with Crippen molar-refractivity contribution in [2.45, 2.75) is 19.5 Å². The third kappa shape index (κ3) is 3.80. The standard InChI is InChI=1S/C21H21N5O/c1-22-11-15-6-8-16(9-7-15)13-26-14-17(12-23-26)10-20(27)21-18-4-2-3-5-19(18)24-25-21/h2-9,12,14,22H,10-11,13H2,1H3,(H,24,25). The molecule has 2 aromatic heterocycles. The number of rotatable bonds is 7. The number of para-hydroxylation sites is 1. The van der Waals surface area contributed by atoms with Crippen molar-refractivity contribution in [2.75, 3.05) is 7.05 Å². The highest BCUT2D eigenvalue weighted by Crippen LogP contribution is 2.17. The smallest absolute Gasteiger partial charge is 0.188 e. The number of ketones is 1. The first-order valence-corrected chi connectivity index (χ1v) is 8.93. The van der Waals surface area contributed by atoms with Gasteiger partial charge in [-0.3, -0.25) is 14.6 Å². The Kier molecular flexibility index (Phi) is 4.80. The number of aromatic nitrogens is 4. The van der Waals surface area contributed by atoms with E-state index in [1.54, 1.807) is 6.20 Å². The molecule has 0 aliphatic carbocycles. The molecule has 0 amide bonds. The molecular weight excluding hydrogens is 338 g/mol. The molecule has 0 atom stereocenters. The predicted octanol–water partition coefficient (Wildman–Crippen LogP) is 2.95. The minimum atomic E-state index is -0.0107. The van der Waals surface area contributed by atoms with Crippen LogP contribution >= 0.6 is 0 Å². The number of nitrogens with zero attached hydrogens (tertiary/aromatic N) is 3. The van der Waals surface area contributed by atoms with E-state index in [-0.39, 0.29) is 12.2 Å². The van der Waals surface area contributed by atoms with E-state index in [0.717, 1.165) is 23.0 Å². The number of carbonyl (C=O) groups excluding carboxylic acids is 1. The number of hydrogen-bond donors (Lipinski definition) is 2. The average Bonchev–Trinajstić information content (AvgIpc) is 3.30. The van der Waals surface area contributed by atoms with E-state index in [4.69, 9.17) is 0 Å². The number of H-pyrrole nitrogens is 1. The van der Waals surface area contributed by atoms with Gasteiger partial charge in [0.05, 0.1) is 18.3 Å².